The molecule has 0 heterocycles. The first-order valence-electron chi connectivity index (χ1n) is 6.72. The van der Waals surface area contributed by atoms with Gasteiger partial charge >= 0.3 is 0 Å². The molecule has 2 heteroatoms. The standard InChI is InChI=1S/C17H22N2/c1-12-4-6-14(3)15(10-12)8-9-19-17-7-5-13(2)11-16(17)18/h4-7,10-11,19H,8-9,18H2,1-3H3. The number of nitrogen functional groups attached to an aromatic ring is 1. The Balaban J connectivity index is 1.98. The molecule has 0 aromatic heterocycles. The van der Waals surface area contributed by atoms with Crippen LogP contribution in [0.15, 0.2) is 36.4 Å². The second kappa shape index (κ2) is 5.79. The SMILES string of the molecule is Cc1ccc(NCCc2cc(C)ccc2C)c(N)c1. The van der Waals surface area contributed by atoms with Gasteiger partial charge in [0.15, 0.2) is 0 Å². The van der Waals surface area contributed by atoms with Crippen molar-refractivity contribution in [3.63, 3.8) is 0 Å². The zero-order valence-corrected chi connectivity index (χ0v) is 12.0. The van der Waals surface area contributed by atoms with Gasteiger partial charge in [0.25, 0.3) is 0 Å². The minimum absolute atomic E-state index is 0.820. The highest BCUT2D eigenvalue weighted by Crippen LogP contribution is 2.19. The van der Waals surface area contributed by atoms with E-state index in [4.69, 9.17) is 5.73 Å². The molecule has 0 saturated carbocycles. The molecule has 0 bridgehead atoms. The van der Waals surface area contributed by atoms with E-state index in [1.807, 2.05) is 12.1 Å². The van der Waals surface area contributed by atoms with Gasteiger partial charge in [0, 0.05) is 6.54 Å². The lowest BCUT2D eigenvalue weighted by molar-refractivity contribution is 1.00. The van der Waals surface area contributed by atoms with Crippen molar-refractivity contribution in [2.24, 2.45) is 0 Å². The van der Waals surface area contributed by atoms with E-state index in [0.717, 1.165) is 24.3 Å². The third-order valence-electron chi connectivity index (χ3n) is 3.42. The average Bonchev–Trinajstić information content (AvgIpc) is 2.36. The van der Waals surface area contributed by atoms with Gasteiger partial charge in [0.1, 0.15) is 0 Å². The van der Waals surface area contributed by atoms with Crippen molar-refractivity contribution in [1.82, 2.24) is 0 Å². The van der Waals surface area contributed by atoms with Crippen molar-refractivity contribution < 1.29 is 0 Å². The summed E-state index contributed by atoms with van der Waals surface area (Å²) in [5, 5.41) is 3.41. The van der Waals surface area contributed by atoms with Crippen LogP contribution < -0.4 is 11.1 Å². The number of nitrogens with one attached hydrogen (secondary N) is 1. The lowest BCUT2D eigenvalue weighted by atomic mass is 10.0. The Labute approximate surface area is 115 Å². The van der Waals surface area contributed by atoms with E-state index in [0.29, 0.717) is 0 Å². The Morgan fingerprint density at radius 1 is 0.947 bits per heavy atom. The van der Waals surface area contributed by atoms with Gasteiger partial charge in [-0.3, -0.25) is 0 Å². The van der Waals surface area contributed by atoms with E-state index in [2.05, 4.69) is 50.4 Å². The van der Waals surface area contributed by atoms with Crippen LogP contribution in [0.25, 0.3) is 0 Å². The highest BCUT2D eigenvalue weighted by atomic mass is 14.9. The van der Waals surface area contributed by atoms with Gasteiger partial charge in [0.2, 0.25) is 0 Å². The maximum absolute atomic E-state index is 5.99. The summed E-state index contributed by atoms with van der Waals surface area (Å²) in [6.07, 6.45) is 1.01. The molecular weight excluding hydrogens is 232 g/mol. The monoisotopic (exact) mass is 254 g/mol. The molecule has 100 valence electrons. The number of aryl methyl sites for hydroxylation is 3. The van der Waals surface area contributed by atoms with Gasteiger partial charge in [-0.2, -0.15) is 0 Å². The first-order valence-corrected chi connectivity index (χ1v) is 6.72. The maximum Gasteiger partial charge on any atom is 0.0574 e. The topological polar surface area (TPSA) is 38.0 Å². The normalized spacial score (nSPS) is 10.5. The molecule has 0 aliphatic rings. The zero-order valence-electron chi connectivity index (χ0n) is 12.0. The van der Waals surface area contributed by atoms with Gasteiger partial charge in [0.05, 0.1) is 11.4 Å². The minimum atomic E-state index is 0.820. The van der Waals surface area contributed by atoms with Crippen LogP contribution >= 0.6 is 0 Å². The van der Waals surface area contributed by atoms with Crippen molar-refractivity contribution in [3.8, 4) is 0 Å². The van der Waals surface area contributed by atoms with Crippen LogP contribution in [-0.4, -0.2) is 6.54 Å². The molecule has 2 rings (SSSR count). The number of benzene rings is 2. The molecule has 2 nitrogen and oxygen atoms in total. The molecule has 19 heavy (non-hydrogen) atoms. The van der Waals surface area contributed by atoms with E-state index in [1.165, 1.54) is 22.3 Å². The summed E-state index contributed by atoms with van der Waals surface area (Å²) in [6.45, 7) is 7.25. The van der Waals surface area contributed by atoms with Crippen LogP contribution in [0.4, 0.5) is 11.4 Å². The van der Waals surface area contributed by atoms with Crippen LogP contribution in [0.3, 0.4) is 0 Å². The number of anilines is 2. The van der Waals surface area contributed by atoms with Gasteiger partial charge in [-0.05, 0) is 56.0 Å². The Hall–Kier alpha value is -1.96. The van der Waals surface area contributed by atoms with E-state index < -0.39 is 0 Å². The van der Waals surface area contributed by atoms with Crippen molar-refractivity contribution in [2.45, 2.75) is 27.2 Å². The molecule has 0 aliphatic heterocycles. The summed E-state index contributed by atoms with van der Waals surface area (Å²) in [5.41, 5.74) is 13.1. The Morgan fingerprint density at radius 2 is 1.63 bits per heavy atom. The highest BCUT2D eigenvalue weighted by Gasteiger charge is 2.01. The fourth-order valence-electron chi connectivity index (χ4n) is 2.24. The molecule has 0 unspecified atom stereocenters. The molecule has 0 saturated heterocycles. The fourth-order valence-corrected chi connectivity index (χ4v) is 2.24. The predicted molar refractivity (Wildman–Crippen MR) is 83.7 cm³/mol. The highest BCUT2D eigenvalue weighted by molar-refractivity contribution is 5.66. The van der Waals surface area contributed by atoms with Crippen LogP contribution in [0.5, 0.6) is 0 Å². The lowest BCUT2D eigenvalue weighted by Gasteiger charge is -2.11. The number of hydrogen-bond acceptors (Lipinski definition) is 2. The van der Waals surface area contributed by atoms with Crippen LogP contribution in [-0.2, 0) is 6.42 Å². The van der Waals surface area contributed by atoms with Crippen molar-refractivity contribution in [3.05, 3.63) is 58.7 Å². The van der Waals surface area contributed by atoms with E-state index in [1.54, 1.807) is 0 Å². The first kappa shape index (κ1) is 13.5. The van der Waals surface area contributed by atoms with E-state index >= 15 is 0 Å². The van der Waals surface area contributed by atoms with Gasteiger partial charge in [-0.1, -0.05) is 29.8 Å². The molecular formula is C17H22N2. The summed E-state index contributed by atoms with van der Waals surface area (Å²) in [6, 6.07) is 12.7. The van der Waals surface area contributed by atoms with Crippen molar-refractivity contribution in [1.29, 1.82) is 0 Å². The molecule has 2 aromatic carbocycles. The molecule has 0 fully saturated rings. The first-order chi connectivity index (χ1) is 9.06. The second-order valence-corrected chi connectivity index (χ2v) is 5.20. The lowest BCUT2D eigenvalue weighted by Crippen LogP contribution is -2.08. The third kappa shape index (κ3) is 3.50. The Bertz CT molecular complexity index is 573. The van der Waals surface area contributed by atoms with Crippen molar-refractivity contribution >= 4 is 11.4 Å². The largest absolute Gasteiger partial charge is 0.397 e. The molecule has 2 aromatic rings. The van der Waals surface area contributed by atoms with Gasteiger partial charge in [-0.25, -0.2) is 0 Å². The molecule has 0 spiro atoms. The number of nitrogens with two attached hydrogens (primary N) is 1. The third-order valence-corrected chi connectivity index (χ3v) is 3.42. The molecule has 3 N–H and O–H groups in total. The second-order valence-electron chi connectivity index (χ2n) is 5.20. The number of rotatable bonds is 4. The van der Waals surface area contributed by atoms with Crippen LogP contribution in [0, 0.1) is 20.8 Å². The summed E-state index contributed by atoms with van der Waals surface area (Å²) in [4.78, 5) is 0. The molecule has 0 atom stereocenters. The van der Waals surface area contributed by atoms with E-state index in [-0.39, 0.29) is 0 Å². The average molecular weight is 254 g/mol. The molecule has 0 radical (unpaired) electrons. The molecule has 0 aliphatic carbocycles. The van der Waals surface area contributed by atoms with Crippen LogP contribution in [0.2, 0.25) is 0 Å². The van der Waals surface area contributed by atoms with Crippen LogP contribution in [0.1, 0.15) is 22.3 Å². The predicted octanol–water partition coefficient (Wildman–Crippen LogP) is 3.85. The summed E-state index contributed by atoms with van der Waals surface area (Å²) in [5.74, 6) is 0. The van der Waals surface area contributed by atoms with Gasteiger partial charge in [-0.15, -0.1) is 0 Å². The smallest absolute Gasteiger partial charge is 0.0574 e. The Morgan fingerprint density at radius 3 is 2.37 bits per heavy atom. The zero-order chi connectivity index (χ0) is 13.8. The van der Waals surface area contributed by atoms with Crippen molar-refractivity contribution in [2.75, 3.05) is 17.6 Å². The summed E-state index contributed by atoms with van der Waals surface area (Å²) < 4.78 is 0. The quantitative estimate of drug-likeness (QED) is 0.813. The number of hydrogen-bond donors (Lipinski definition) is 2. The summed E-state index contributed by atoms with van der Waals surface area (Å²) in [7, 11) is 0. The minimum Gasteiger partial charge on any atom is -0.397 e. The van der Waals surface area contributed by atoms with E-state index in [9.17, 15) is 0 Å². The maximum atomic E-state index is 5.99. The summed E-state index contributed by atoms with van der Waals surface area (Å²) >= 11 is 0. The molecule has 0 amide bonds. The Kier molecular flexibility index (Phi) is 4.10. The van der Waals surface area contributed by atoms with Gasteiger partial charge < -0.3 is 11.1 Å². The fraction of sp³-hybridized carbons (Fsp3) is 0.294.